The van der Waals surface area contributed by atoms with E-state index in [1.807, 2.05) is 0 Å². The number of hydrogen-bond acceptors (Lipinski definition) is 12. The van der Waals surface area contributed by atoms with Crippen LogP contribution < -0.4 is 27.8 Å². The summed E-state index contributed by atoms with van der Waals surface area (Å²) in [7, 11) is 0. The molecule has 0 spiro atoms. The van der Waals surface area contributed by atoms with Crippen molar-refractivity contribution in [2.24, 2.45) is 17.2 Å². The summed E-state index contributed by atoms with van der Waals surface area (Å²) in [5, 5.41) is 56.9. The molecule has 34 heavy (non-hydrogen) atoms. The van der Waals surface area contributed by atoms with E-state index in [4.69, 9.17) is 26.7 Å². The van der Waals surface area contributed by atoms with Gasteiger partial charge in [0.1, 0.15) is 23.9 Å². The molecule has 198 valence electrons. The zero-order valence-electron chi connectivity index (χ0n) is 19.3. The van der Waals surface area contributed by atoms with E-state index in [0.29, 0.717) is 19.4 Å². The maximum atomic E-state index is 12.4. The number of carbonyl (C=O) groups excluding carboxylic acids is 1. The minimum absolute atomic E-state index is 0.00312. The van der Waals surface area contributed by atoms with Gasteiger partial charge in [0, 0.05) is 50.5 Å². The van der Waals surface area contributed by atoms with Gasteiger partial charge in [-0.2, -0.15) is 0 Å². The average Bonchev–Trinajstić information content (AvgIpc) is 2.73. The fourth-order valence-electron chi connectivity index (χ4n) is 4.93. The summed E-state index contributed by atoms with van der Waals surface area (Å²) in [5.41, 5.74) is 15.8. The number of aliphatic hydroxyl groups is 5. The third-order valence-corrected chi connectivity index (χ3v) is 6.91. The molecular weight excluding hydrogens is 450 g/mol. The molecule has 2 saturated carbocycles. The fraction of sp³-hybridized carbons (Fsp3) is 0.952. The Bertz CT molecular complexity index is 657. The van der Waals surface area contributed by atoms with E-state index >= 15 is 0 Å². The highest BCUT2D eigenvalue weighted by Crippen LogP contribution is 2.32. The maximum absolute atomic E-state index is 12.4. The molecule has 9 atom stereocenters. The SMILES string of the molecule is NCCC(O)CNCC1O[C@H](O[C@@H]2C(N)CC(NC(=O)C3(O)CC(N)C3)CC2O)CC(O)[C@@H]1O. The Morgan fingerprint density at radius 2 is 1.85 bits per heavy atom. The van der Waals surface area contributed by atoms with Crippen LogP contribution in [0, 0.1) is 0 Å². The first-order valence-electron chi connectivity index (χ1n) is 12.0. The molecule has 3 aliphatic rings. The summed E-state index contributed by atoms with van der Waals surface area (Å²) in [6, 6.07) is -1.27. The van der Waals surface area contributed by atoms with Gasteiger partial charge in [-0.3, -0.25) is 4.79 Å². The van der Waals surface area contributed by atoms with Crippen LogP contribution >= 0.6 is 0 Å². The standard InChI is InChI=1S/C21H41N5O8/c22-2-1-12(27)8-25-9-16-18(30)14(28)5-17(33-16)34-19-13(24)3-11(4-15(19)29)26-20(31)21(32)6-10(23)7-21/h10-19,25,27-30,32H,1-9,22-24H2,(H,26,31)/t10?,11?,12?,13?,14?,15?,16?,17-,18+,19-,21?/m1/s1. The van der Waals surface area contributed by atoms with Crippen LogP contribution in [0.4, 0.5) is 0 Å². The molecule has 3 rings (SSSR count). The van der Waals surface area contributed by atoms with Gasteiger partial charge in [-0.15, -0.1) is 0 Å². The first-order chi connectivity index (χ1) is 16.0. The van der Waals surface area contributed by atoms with Crippen LogP contribution in [-0.2, 0) is 14.3 Å². The summed E-state index contributed by atoms with van der Waals surface area (Å²) in [4.78, 5) is 12.4. The molecule has 13 nitrogen and oxygen atoms in total. The second kappa shape index (κ2) is 11.8. The highest BCUT2D eigenvalue weighted by molar-refractivity contribution is 5.86. The lowest BCUT2D eigenvalue weighted by Crippen LogP contribution is -2.64. The fourth-order valence-corrected chi connectivity index (χ4v) is 4.93. The van der Waals surface area contributed by atoms with Crippen molar-refractivity contribution >= 4 is 5.91 Å². The van der Waals surface area contributed by atoms with Crippen molar-refractivity contribution < 1.29 is 39.8 Å². The number of ether oxygens (including phenoxy) is 2. The van der Waals surface area contributed by atoms with Crippen molar-refractivity contribution in [3.63, 3.8) is 0 Å². The lowest BCUT2D eigenvalue weighted by atomic mass is 9.75. The minimum Gasteiger partial charge on any atom is -0.392 e. The average molecular weight is 492 g/mol. The lowest BCUT2D eigenvalue weighted by Gasteiger charge is -2.44. The number of aliphatic hydroxyl groups excluding tert-OH is 4. The van der Waals surface area contributed by atoms with Crippen molar-refractivity contribution in [3.8, 4) is 0 Å². The van der Waals surface area contributed by atoms with Gasteiger partial charge in [-0.05, 0) is 25.8 Å². The second-order valence-electron chi connectivity index (χ2n) is 9.96. The summed E-state index contributed by atoms with van der Waals surface area (Å²) in [6.45, 7) is 0.773. The molecule has 1 amide bonds. The van der Waals surface area contributed by atoms with Crippen LogP contribution in [0.3, 0.4) is 0 Å². The number of carbonyl (C=O) groups is 1. The zero-order valence-corrected chi connectivity index (χ0v) is 19.3. The van der Waals surface area contributed by atoms with Gasteiger partial charge in [0.15, 0.2) is 6.29 Å². The van der Waals surface area contributed by atoms with E-state index in [1.54, 1.807) is 0 Å². The first kappa shape index (κ1) is 27.6. The van der Waals surface area contributed by atoms with Crippen LogP contribution in [0.5, 0.6) is 0 Å². The number of nitrogens with two attached hydrogens (primary N) is 3. The Morgan fingerprint density at radius 3 is 2.47 bits per heavy atom. The van der Waals surface area contributed by atoms with Crippen molar-refractivity contribution in [2.75, 3.05) is 19.6 Å². The highest BCUT2D eigenvalue weighted by Gasteiger charge is 2.49. The summed E-state index contributed by atoms with van der Waals surface area (Å²) < 4.78 is 11.7. The predicted octanol–water partition coefficient (Wildman–Crippen LogP) is -4.67. The Morgan fingerprint density at radius 1 is 1.15 bits per heavy atom. The largest absolute Gasteiger partial charge is 0.392 e. The zero-order chi connectivity index (χ0) is 25.0. The van der Waals surface area contributed by atoms with E-state index in [2.05, 4.69) is 10.6 Å². The van der Waals surface area contributed by atoms with Gasteiger partial charge < -0.3 is 62.8 Å². The Kier molecular flexibility index (Phi) is 9.62. The topological polar surface area (TPSA) is 239 Å². The number of amides is 1. The minimum atomic E-state index is -1.47. The molecule has 13 N–H and O–H groups in total. The molecule has 1 aliphatic heterocycles. The molecule has 6 unspecified atom stereocenters. The predicted molar refractivity (Wildman–Crippen MR) is 120 cm³/mol. The molecule has 0 aromatic rings. The Labute approximate surface area is 198 Å². The number of rotatable bonds is 10. The van der Waals surface area contributed by atoms with Crippen molar-refractivity contribution in [2.45, 2.75) is 105 Å². The van der Waals surface area contributed by atoms with Crippen molar-refractivity contribution in [1.82, 2.24) is 10.6 Å². The van der Waals surface area contributed by atoms with Crippen molar-refractivity contribution in [3.05, 3.63) is 0 Å². The van der Waals surface area contributed by atoms with Gasteiger partial charge in [-0.1, -0.05) is 0 Å². The van der Waals surface area contributed by atoms with Gasteiger partial charge in [-0.25, -0.2) is 0 Å². The summed E-state index contributed by atoms with van der Waals surface area (Å²) in [6.07, 6.45) is -5.08. The van der Waals surface area contributed by atoms with E-state index in [9.17, 15) is 30.3 Å². The molecule has 3 fully saturated rings. The van der Waals surface area contributed by atoms with E-state index in [0.717, 1.165) is 0 Å². The molecule has 13 heteroatoms. The van der Waals surface area contributed by atoms with Gasteiger partial charge in [0.2, 0.25) is 0 Å². The molecular formula is C21H41N5O8. The molecule has 0 bridgehead atoms. The van der Waals surface area contributed by atoms with Crippen LogP contribution in [0.1, 0.15) is 38.5 Å². The molecule has 0 aromatic carbocycles. The van der Waals surface area contributed by atoms with E-state index in [1.165, 1.54) is 0 Å². The van der Waals surface area contributed by atoms with Gasteiger partial charge in [0.25, 0.3) is 5.91 Å². The molecule has 2 aliphatic carbocycles. The third-order valence-electron chi connectivity index (χ3n) is 6.91. The summed E-state index contributed by atoms with van der Waals surface area (Å²) >= 11 is 0. The van der Waals surface area contributed by atoms with Gasteiger partial charge >= 0.3 is 0 Å². The van der Waals surface area contributed by atoms with Crippen LogP contribution in [0.25, 0.3) is 0 Å². The number of nitrogens with one attached hydrogen (secondary N) is 2. The summed E-state index contributed by atoms with van der Waals surface area (Å²) in [5.74, 6) is -0.516. The highest BCUT2D eigenvalue weighted by atomic mass is 16.7. The maximum Gasteiger partial charge on any atom is 0.252 e. The van der Waals surface area contributed by atoms with Crippen LogP contribution in [0.2, 0.25) is 0 Å². The second-order valence-corrected chi connectivity index (χ2v) is 9.96. The van der Waals surface area contributed by atoms with Crippen LogP contribution in [0.15, 0.2) is 0 Å². The van der Waals surface area contributed by atoms with Crippen molar-refractivity contribution in [1.29, 1.82) is 0 Å². The van der Waals surface area contributed by atoms with Gasteiger partial charge in [0.05, 0.1) is 18.3 Å². The number of hydrogen-bond donors (Lipinski definition) is 10. The first-order valence-corrected chi connectivity index (χ1v) is 12.0. The Balaban J connectivity index is 1.49. The van der Waals surface area contributed by atoms with E-state index < -0.39 is 66.5 Å². The monoisotopic (exact) mass is 491 g/mol. The normalized spacial score (nSPS) is 43.7. The lowest BCUT2D eigenvalue weighted by molar-refractivity contribution is -0.276. The smallest absolute Gasteiger partial charge is 0.252 e. The van der Waals surface area contributed by atoms with E-state index in [-0.39, 0.29) is 44.8 Å². The Hall–Kier alpha value is -0.970. The molecule has 1 saturated heterocycles. The molecule has 0 radical (unpaired) electrons. The quantitative estimate of drug-likeness (QED) is 0.139. The molecule has 0 aromatic heterocycles. The molecule has 1 heterocycles. The third kappa shape index (κ3) is 6.83. The van der Waals surface area contributed by atoms with Crippen LogP contribution in [-0.4, -0.2) is 118 Å².